The summed E-state index contributed by atoms with van der Waals surface area (Å²) in [5, 5.41) is 4.54. The van der Waals surface area contributed by atoms with E-state index in [-0.39, 0.29) is 5.78 Å². The monoisotopic (exact) mass is 434 g/mol. The van der Waals surface area contributed by atoms with Crippen molar-refractivity contribution in [1.82, 2.24) is 10.2 Å². The summed E-state index contributed by atoms with van der Waals surface area (Å²) in [5.74, 6) is 0.354. The van der Waals surface area contributed by atoms with Crippen molar-refractivity contribution in [3.63, 3.8) is 0 Å². The molecule has 2 aromatic rings. The van der Waals surface area contributed by atoms with Crippen molar-refractivity contribution in [2.45, 2.75) is 19.9 Å². The number of thiocarbonyl (C=S) groups is 1. The maximum absolute atomic E-state index is 13.3. The van der Waals surface area contributed by atoms with E-state index >= 15 is 0 Å². The normalized spacial score (nSPS) is 16.8. The van der Waals surface area contributed by atoms with E-state index in [9.17, 15) is 4.79 Å². The number of carbonyl (C=O) groups excluding carboxylic acids is 1. The molecule has 1 atom stereocenters. The summed E-state index contributed by atoms with van der Waals surface area (Å²) in [4.78, 5) is 15.1. The summed E-state index contributed by atoms with van der Waals surface area (Å²) in [5.41, 5.74) is 2.72. The predicted octanol–water partition coefficient (Wildman–Crippen LogP) is 5.41. The van der Waals surface area contributed by atoms with Crippen molar-refractivity contribution in [2.75, 3.05) is 13.7 Å². The number of hydrogen-bond acceptors (Lipinski definition) is 3. The fourth-order valence-corrected chi connectivity index (χ4v) is 4.02. The highest BCUT2D eigenvalue weighted by Crippen LogP contribution is 2.39. The molecule has 0 saturated carbocycles. The number of carbonyl (C=O) groups is 1. The Morgan fingerprint density at radius 2 is 1.82 bits per heavy atom. The van der Waals surface area contributed by atoms with Crippen molar-refractivity contribution in [1.29, 1.82) is 0 Å². The van der Waals surface area contributed by atoms with Gasteiger partial charge in [-0.2, -0.15) is 0 Å². The highest BCUT2D eigenvalue weighted by atomic mass is 35.5. The lowest BCUT2D eigenvalue weighted by atomic mass is 9.89. The lowest BCUT2D eigenvalue weighted by Gasteiger charge is -2.36. The number of ketones is 1. The summed E-state index contributed by atoms with van der Waals surface area (Å²) >= 11 is 18.2. The first-order valence-electron chi connectivity index (χ1n) is 8.81. The van der Waals surface area contributed by atoms with E-state index < -0.39 is 6.04 Å². The predicted molar refractivity (Wildman–Crippen MR) is 117 cm³/mol. The third-order valence-electron chi connectivity index (χ3n) is 4.68. The van der Waals surface area contributed by atoms with E-state index in [1.54, 1.807) is 29.2 Å². The Kier molecular flexibility index (Phi) is 6.28. The second-order valence-corrected chi connectivity index (χ2v) is 7.58. The van der Waals surface area contributed by atoms with Gasteiger partial charge in [0.05, 0.1) is 22.7 Å². The Labute approximate surface area is 180 Å². The van der Waals surface area contributed by atoms with Gasteiger partial charge in [0.1, 0.15) is 0 Å². The Balaban J connectivity index is 2.13. The van der Waals surface area contributed by atoms with Gasteiger partial charge in [-0.3, -0.25) is 4.79 Å². The van der Waals surface area contributed by atoms with Gasteiger partial charge in [0.25, 0.3) is 0 Å². The Morgan fingerprint density at radius 1 is 1.21 bits per heavy atom. The molecule has 146 valence electrons. The zero-order valence-electron chi connectivity index (χ0n) is 15.8. The number of Topliss-reactive ketones (excluding diaryl/α,β-unsaturated/α-hetero) is 1. The van der Waals surface area contributed by atoms with Crippen LogP contribution in [0.2, 0.25) is 10.0 Å². The van der Waals surface area contributed by atoms with Crippen LogP contribution in [0.4, 0.5) is 0 Å². The van der Waals surface area contributed by atoms with Gasteiger partial charge >= 0.3 is 0 Å². The minimum atomic E-state index is -0.470. The molecule has 0 spiro atoms. The molecule has 1 aliphatic rings. The van der Waals surface area contributed by atoms with E-state index in [2.05, 4.69) is 5.32 Å². The van der Waals surface area contributed by atoms with Crippen LogP contribution in [0.15, 0.2) is 53.7 Å². The van der Waals surface area contributed by atoms with Crippen LogP contribution >= 0.6 is 35.4 Å². The quantitative estimate of drug-likeness (QED) is 0.503. The van der Waals surface area contributed by atoms with Crippen LogP contribution in [0.5, 0.6) is 5.75 Å². The van der Waals surface area contributed by atoms with Crippen LogP contribution < -0.4 is 10.1 Å². The Morgan fingerprint density at radius 3 is 2.39 bits per heavy atom. The molecule has 1 aliphatic heterocycles. The van der Waals surface area contributed by atoms with Gasteiger partial charge < -0.3 is 15.0 Å². The van der Waals surface area contributed by atoms with Crippen LogP contribution in [0.1, 0.15) is 35.8 Å². The molecule has 0 aliphatic carbocycles. The smallest absolute Gasteiger partial charge is 0.193 e. The summed E-state index contributed by atoms with van der Waals surface area (Å²) in [6.07, 6.45) is 0. The zero-order valence-corrected chi connectivity index (χ0v) is 18.1. The zero-order chi connectivity index (χ0) is 20.4. The molecule has 0 fully saturated rings. The van der Waals surface area contributed by atoms with Crippen LogP contribution in [-0.2, 0) is 0 Å². The van der Waals surface area contributed by atoms with Gasteiger partial charge in [-0.25, -0.2) is 0 Å². The average molecular weight is 435 g/mol. The molecule has 1 heterocycles. The first-order valence-corrected chi connectivity index (χ1v) is 9.98. The maximum atomic E-state index is 13.3. The molecule has 0 radical (unpaired) electrons. The highest BCUT2D eigenvalue weighted by Gasteiger charge is 2.33. The summed E-state index contributed by atoms with van der Waals surface area (Å²) < 4.78 is 5.52. The topological polar surface area (TPSA) is 41.6 Å². The van der Waals surface area contributed by atoms with Gasteiger partial charge in [-0.15, -0.1) is 0 Å². The fraction of sp³-hybridized carbons (Fsp3) is 0.238. The van der Waals surface area contributed by atoms with Crippen molar-refractivity contribution < 1.29 is 9.53 Å². The molecule has 2 aromatic carbocycles. The van der Waals surface area contributed by atoms with Crippen molar-refractivity contribution in [3.8, 4) is 5.75 Å². The van der Waals surface area contributed by atoms with E-state index in [0.29, 0.717) is 38.7 Å². The molecular formula is C21H20Cl2N2O2S. The standard InChI is InChI=1S/C21H20Cl2N2O2S/c1-4-27-20-15(22)10-14(11-16(20)23)18-17(12(2)25(3)21(28)24-18)19(26)13-8-6-5-7-9-13/h5-11,18H,4H2,1-3H3,(H,24,28). The van der Waals surface area contributed by atoms with Gasteiger partial charge in [0, 0.05) is 23.9 Å². The number of rotatable bonds is 5. The summed E-state index contributed by atoms with van der Waals surface area (Å²) in [6.45, 7) is 4.19. The molecule has 0 aromatic heterocycles. The second kappa shape index (κ2) is 8.52. The maximum Gasteiger partial charge on any atom is 0.193 e. The molecule has 1 unspecified atom stereocenters. The van der Waals surface area contributed by atoms with E-state index in [1.165, 1.54) is 0 Å². The molecule has 28 heavy (non-hydrogen) atoms. The van der Waals surface area contributed by atoms with Gasteiger partial charge in [-0.1, -0.05) is 53.5 Å². The lowest BCUT2D eigenvalue weighted by molar-refractivity contribution is 0.102. The third-order valence-corrected chi connectivity index (χ3v) is 5.63. The van der Waals surface area contributed by atoms with Crippen molar-refractivity contribution in [3.05, 3.63) is 74.9 Å². The van der Waals surface area contributed by atoms with Crippen LogP contribution in [-0.4, -0.2) is 29.5 Å². The first kappa shape index (κ1) is 20.6. The molecular weight excluding hydrogens is 415 g/mol. The number of nitrogens with one attached hydrogen (secondary N) is 1. The van der Waals surface area contributed by atoms with E-state index in [0.717, 1.165) is 11.3 Å². The number of halogens is 2. The first-order chi connectivity index (χ1) is 13.3. The number of hydrogen-bond donors (Lipinski definition) is 1. The van der Waals surface area contributed by atoms with Crippen LogP contribution in [0.25, 0.3) is 0 Å². The van der Waals surface area contributed by atoms with Gasteiger partial charge in [0.2, 0.25) is 0 Å². The minimum absolute atomic E-state index is 0.0777. The number of allylic oxidation sites excluding steroid dienone is 1. The van der Waals surface area contributed by atoms with Gasteiger partial charge in [0.15, 0.2) is 16.6 Å². The molecule has 0 saturated heterocycles. The van der Waals surface area contributed by atoms with E-state index in [4.69, 9.17) is 40.2 Å². The summed E-state index contributed by atoms with van der Waals surface area (Å²) in [6, 6.07) is 12.2. The van der Waals surface area contributed by atoms with Crippen molar-refractivity contribution in [2.24, 2.45) is 0 Å². The number of ether oxygens (including phenoxy) is 1. The highest BCUT2D eigenvalue weighted by molar-refractivity contribution is 7.80. The summed E-state index contributed by atoms with van der Waals surface area (Å²) in [7, 11) is 1.83. The molecule has 1 N–H and O–H groups in total. The Hall–Kier alpha value is -2.08. The average Bonchev–Trinajstić information content (AvgIpc) is 2.68. The SMILES string of the molecule is CCOc1c(Cl)cc(C2NC(=S)N(C)C(C)=C2C(=O)c2ccccc2)cc1Cl. The third kappa shape index (κ3) is 3.88. The molecule has 0 bridgehead atoms. The van der Waals surface area contributed by atoms with Crippen LogP contribution in [0, 0.1) is 0 Å². The lowest BCUT2D eigenvalue weighted by Crippen LogP contribution is -2.45. The number of nitrogens with zero attached hydrogens (tertiary/aromatic N) is 1. The van der Waals surface area contributed by atoms with Gasteiger partial charge in [-0.05, 0) is 43.8 Å². The fourth-order valence-electron chi connectivity index (χ4n) is 3.15. The molecule has 0 amide bonds. The molecule has 3 rings (SSSR count). The number of benzene rings is 2. The largest absolute Gasteiger partial charge is 0.491 e. The second-order valence-electron chi connectivity index (χ2n) is 6.38. The van der Waals surface area contributed by atoms with E-state index in [1.807, 2.05) is 39.1 Å². The Bertz CT molecular complexity index is 937. The van der Waals surface area contributed by atoms with Crippen molar-refractivity contribution >= 4 is 46.3 Å². The van der Waals surface area contributed by atoms with Crippen LogP contribution in [0.3, 0.4) is 0 Å². The molecule has 4 nitrogen and oxygen atoms in total. The minimum Gasteiger partial charge on any atom is -0.491 e. The molecule has 7 heteroatoms.